The molecule has 1 aliphatic heterocycles. The molecule has 2 aromatic carbocycles. The van der Waals surface area contributed by atoms with Crippen molar-refractivity contribution in [2.45, 2.75) is 51.4 Å². The number of carbonyl (C=O) groups is 1. The Morgan fingerprint density at radius 3 is 2.35 bits per heavy atom. The van der Waals surface area contributed by atoms with Crippen molar-refractivity contribution in [3.63, 3.8) is 0 Å². The van der Waals surface area contributed by atoms with Crippen LogP contribution in [0.1, 0.15) is 48.7 Å². The molecular weight excluding hydrogens is 482 g/mol. The van der Waals surface area contributed by atoms with Crippen molar-refractivity contribution in [2.75, 3.05) is 30.4 Å². The SMILES string of the molecule is COc1ccc(CNc2c(F)c(N3C[C@@H](C)N[C@@H](C)C3)c(F)c3c2c(=O)c(C(=O)O)cn3C2CC2)cc1. The van der Waals surface area contributed by atoms with E-state index in [4.69, 9.17) is 4.74 Å². The second kappa shape index (κ2) is 9.66. The van der Waals surface area contributed by atoms with Gasteiger partial charge in [0.2, 0.25) is 5.43 Å². The molecule has 1 saturated heterocycles. The Morgan fingerprint density at radius 2 is 1.78 bits per heavy atom. The molecule has 0 radical (unpaired) electrons. The van der Waals surface area contributed by atoms with Crippen LogP contribution in [0, 0.1) is 11.6 Å². The molecule has 3 N–H and O–H groups in total. The minimum Gasteiger partial charge on any atom is -0.497 e. The Kier molecular flexibility index (Phi) is 6.53. The number of piperazine rings is 1. The van der Waals surface area contributed by atoms with E-state index in [2.05, 4.69) is 10.6 Å². The topological polar surface area (TPSA) is 95.8 Å². The quantitative estimate of drug-likeness (QED) is 0.438. The second-order valence-corrected chi connectivity index (χ2v) is 9.97. The summed E-state index contributed by atoms with van der Waals surface area (Å²) in [6.45, 7) is 4.78. The highest BCUT2D eigenvalue weighted by atomic mass is 19.1. The van der Waals surface area contributed by atoms with Gasteiger partial charge < -0.3 is 29.9 Å². The monoisotopic (exact) mass is 512 g/mol. The van der Waals surface area contributed by atoms with Gasteiger partial charge in [0.1, 0.15) is 17.0 Å². The van der Waals surface area contributed by atoms with Crippen LogP contribution in [0.25, 0.3) is 10.9 Å². The van der Waals surface area contributed by atoms with Crippen LogP contribution in [-0.2, 0) is 6.54 Å². The molecule has 10 heteroatoms. The number of anilines is 2. The summed E-state index contributed by atoms with van der Waals surface area (Å²) in [5.41, 5.74) is -1.11. The molecule has 0 bridgehead atoms. The van der Waals surface area contributed by atoms with Crippen LogP contribution in [0.5, 0.6) is 5.75 Å². The first-order valence-corrected chi connectivity index (χ1v) is 12.4. The van der Waals surface area contributed by atoms with Crippen LogP contribution >= 0.6 is 0 Å². The van der Waals surface area contributed by atoms with E-state index in [0.29, 0.717) is 18.8 Å². The number of ether oxygens (including phenoxy) is 1. The maximum atomic E-state index is 16.3. The van der Waals surface area contributed by atoms with E-state index in [9.17, 15) is 14.7 Å². The Labute approximate surface area is 212 Å². The van der Waals surface area contributed by atoms with E-state index in [-0.39, 0.29) is 46.9 Å². The summed E-state index contributed by atoms with van der Waals surface area (Å²) < 4.78 is 39.3. The number of halogens is 2. The number of rotatable bonds is 7. The highest BCUT2D eigenvalue weighted by Gasteiger charge is 2.35. The number of fused-ring (bicyclic) bond motifs is 1. The minimum atomic E-state index is -1.43. The zero-order chi connectivity index (χ0) is 26.4. The van der Waals surface area contributed by atoms with E-state index >= 15 is 8.78 Å². The molecule has 0 unspecified atom stereocenters. The average Bonchev–Trinajstić information content (AvgIpc) is 3.69. The molecule has 2 atom stereocenters. The van der Waals surface area contributed by atoms with Crippen molar-refractivity contribution in [3.8, 4) is 5.75 Å². The zero-order valence-electron chi connectivity index (χ0n) is 21.0. The molecule has 2 aliphatic rings. The van der Waals surface area contributed by atoms with Gasteiger partial charge in [0.05, 0.1) is 23.7 Å². The van der Waals surface area contributed by atoms with Crippen LogP contribution in [-0.4, -0.2) is 47.9 Å². The minimum absolute atomic E-state index is 0.00559. The van der Waals surface area contributed by atoms with E-state index < -0.39 is 28.6 Å². The standard InChI is InChI=1S/C27H30F2N4O4/c1-14-11-32(12-15(2)31-14)25-21(28)23(30-10-16-4-8-18(37-3)9-5-16)20-24(22(25)29)33(17-6-7-17)13-19(26(20)34)27(35)36/h4-5,8-9,13-15,17,30-31H,6-7,10-12H2,1-3H3,(H,35,36)/t14-,15+. The van der Waals surface area contributed by atoms with Gasteiger partial charge in [-0.1, -0.05) is 12.1 Å². The Hall–Kier alpha value is -3.66. The van der Waals surface area contributed by atoms with Gasteiger partial charge in [-0.2, -0.15) is 0 Å². The Morgan fingerprint density at radius 1 is 1.14 bits per heavy atom. The van der Waals surface area contributed by atoms with Crippen LogP contribution in [0.4, 0.5) is 20.2 Å². The van der Waals surface area contributed by atoms with Crippen LogP contribution in [0.2, 0.25) is 0 Å². The lowest BCUT2D eigenvalue weighted by atomic mass is 10.0. The van der Waals surface area contributed by atoms with Gasteiger partial charge in [-0.25, -0.2) is 13.6 Å². The summed E-state index contributed by atoms with van der Waals surface area (Å²) in [6, 6.07) is 6.94. The predicted molar refractivity (Wildman–Crippen MR) is 138 cm³/mol. The van der Waals surface area contributed by atoms with Crippen molar-refractivity contribution in [2.24, 2.45) is 0 Å². The first-order valence-electron chi connectivity index (χ1n) is 12.4. The normalized spacial score (nSPS) is 19.8. The first kappa shape index (κ1) is 25.0. The van der Waals surface area contributed by atoms with Crippen molar-refractivity contribution < 1.29 is 23.4 Å². The number of nitrogens with zero attached hydrogens (tertiary/aromatic N) is 2. The third-order valence-electron chi connectivity index (χ3n) is 7.00. The van der Waals surface area contributed by atoms with E-state index in [1.54, 1.807) is 36.3 Å². The van der Waals surface area contributed by atoms with Gasteiger partial charge in [0.15, 0.2) is 11.6 Å². The number of aromatic carboxylic acids is 1. The van der Waals surface area contributed by atoms with E-state index in [1.807, 2.05) is 13.8 Å². The number of methoxy groups -OCH3 is 1. The lowest BCUT2D eigenvalue weighted by Gasteiger charge is -2.38. The number of hydrogen-bond donors (Lipinski definition) is 3. The van der Waals surface area contributed by atoms with E-state index in [1.165, 1.54) is 10.8 Å². The van der Waals surface area contributed by atoms with Crippen molar-refractivity contribution in [1.29, 1.82) is 0 Å². The molecule has 2 fully saturated rings. The molecule has 37 heavy (non-hydrogen) atoms. The largest absolute Gasteiger partial charge is 0.497 e. The fourth-order valence-corrected chi connectivity index (χ4v) is 5.21. The number of carboxylic acid groups (broad SMARTS) is 1. The Balaban J connectivity index is 1.73. The molecular formula is C27H30F2N4O4. The van der Waals surface area contributed by atoms with Gasteiger partial charge in [-0.15, -0.1) is 0 Å². The van der Waals surface area contributed by atoms with Crippen molar-refractivity contribution >= 4 is 28.2 Å². The summed E-state index contributed by atoms with van der Waals surface area (Å²) in [5.74, 6) is -2.52. The van der Waals surface area contributed by atoms with Gasteiger partial charge in [-0.3, -0.25) is 4.79 Å². The van der Waals surface area contributed by atoms with Gasteiger partial charge in [0.25, 0.3) is 0 Å². The molecule has 1 aromatic heterocycles. The second-order valence-electron chi connectivity index (χ2n) is 9.97. The summed E-state index contributed by atoms with van der Waals surface area (Å²) in [4.78, 5) is 27.0. The average molecular weight is 513 g/mol. The summed E-state index contributed by atoms with van der Waals surface area (Å²) >= 11 is 0. The number of aromatic nitrogens is 1. The third-order valence-corrected chi connectivity index (χ3v) is 7.00. The molecule has 2 heterocycles. The molecule has 1 aliphatic carbocycles. The first-order chi connectivity index (χ1) is 17.7. The molecule has 0 amide bonds. The van der Waals surface area contributed by atoms with Crippen LogP contribution < -0.4 is 25.7 Å². The number of nitrogens with one attached hydrogen (secondary N) is 2. The van der Waals surface area contributed by atoms with Gasteiger partial charge in [-0.05, 0) is 44.4 Å². The molecule has 196 valence electrons. The molecule has 3 aromatic rings. The van der Waals surface area contributed by atoms with Crippen LogP contribution in [0.3, 0.4) is 0 Å². The third kappa shape index (κ3) is 4.61. The Bertz CT molecular complexity index is 1410. The number of hydrogen-bond acceptors (Lipinski definition) is 6. The number of carboxylic acids is 1. The van der Waals surface area contributed by atoms with Crippen molar-refractivity contribution in [3.05, 3.63) is 63.4 Å². The molecule has 1 saturated carbocycles. The van der Waals surface area contributed by atoms with Crippen molar-refractivity contribution in [1.82, 2.24) is 9.88 Å². The van der Waals surface area contributed by atoms with Gasteiger partial charge in [0, 0.05) is 44.0 Å². The maximum absolute atomic E-state index is 16.3. The van der Waals surface area contributed by atoms with Gasteiger partial charge >= 0.3 is 5.97 Å². The highest BCUT2D eigenvalue weighted by Crippen LogP contribution is 2.42. The van der Waals surface area contributed by atoms with E-state index in [0.717, 1.165) is 18.4 Å². The lowest BCUT2D eigenvalue weighted by molar-refractivity contribution is 0.0694. The molecule has 0 spiro atoms. The summed E-state index contributed by atoms with van der Waals surface area (Å²) in [6.07, 6.45) is 2.64. The molecule has 8 nitrogen and oxygen atoms in total. The fraction of sp³-hybridized carbons (Fsp3) is 0.407. The summed E-state index contributed by atoms with van der Waals surface area (Å²) in [7, 11) is 1.55. The molecule has 5 rings (SSSR count). The van der Waals surface area contributed by atoms with Crippen LogP contribution in [0.15, 0.2) is 35.3 Å². The smallest absolute Gasteiger partial charge is 0.341 e. The number of pyridine rings is 1. The number of benzene rings is 2. The lowest BCUT2D eigenvalue weighted by Crippen LogP contribution is -2.54. The fourth-order valence-electron chi connectivity index (χ4n) is 5.21. The highest BCUT2D eigenvalue weighted by molar-refractivity contribution is 6.00. The zero-order valence-corrected chi connectivity index (χ0v) is 21.0. The predicted octanol–water partition coefficient (Wildman–Crippen LogP) is 4.12. The summed E-state index contributed by atoms with van der Waals surface area (Å²) in [5, 5.41) is 15.8. The maximum Gasteiger partial charge on any atom is 0.341 e.